The molecule has 2 fully saturated rings. The highest BCUT2D eigenvalue weighted by Gasteiger charge is 2.40. The highest BCUT2D eigenvalue weighted by molar-refractivity contribution is 6.06. The van der Waals surface area contributed by atoms with Crippen LogP contribution in [0.5, 0.6) is 0 Å². The number of amides is 3. The zero-order chi connectivity index (χ0) is 40.6. The van der Waals surface area contributed by atoms with Crippen molar-refractivity contribution in [2.45, 2.75) is 76.2 Å². The lowest BCUT2D eigenvalue weighted by Gasteiger charge is -2.39. The molecular formula is C47H49N3O8. The first kappa shape index (κ1) is 40.5. The van der Waals surface area contributed by atoms with Gasteiger partial charge in [0.25, 0.3) is 5.91 Å². The Bertz CT molecular complexity index is 2170. The maximum atomic E-state index is 13.3. The Morgan fingerprint density at radius 2 is 1.50 bits per heavy atom. The van der Waals surface area contributed by atoms with Crippen molar-refractivity contribution in [1.29, 1.82) is 0 Å². The van der Waals surface area contributed by atoms with E-state index in [-0.39, 0.29) is 50.3 Å². The third-order valence-corrected chi connectivity index (χ3v) is 10.9. The number of rotatable bonds is 14. The van der Waals surface area contributed by atoms with Crippen LogP contribution in [0, 0.1) is 0 Å². The molecule has 5 aromatic carbocycles. The van der Waals surface area contributed by atoms with E-state index < -0.39 is 30.4 Å². The number of hydrogen-bond acceptors (Lipinski definition) is 9. The quantitative estimate of drug-likeness (QED) is 0.102. The van der Waals surface area contributed by atoms with Crippen molar-refractivity contribution in [2.75, 3.05) is 13.6 Å². The van der Waals surface area contributed by atoms with Crippen LogP contribution in [0.25, 0.3) is 11.1 Å². The van der Waals surface area contributed by atoms with Crippen molar-refractivity contribution in [3.63, 3.8) is 0 Å². The maximum Gasteiger partial charge on any atom is 0.408 e. The Kier molecular flexibility index (Phi) is 13.1. The minimum Gasteiger partial charge on any atom is -0.445 e. The topological polar surface area (TPSA) is 138 Å². The first-order valence-corrected chi connectivity index (χ1v) is 19.6. The van der Waals surface area contributed by atoms with E-state index in [1.165, 1.54) is 4.90 Å². The second kappa shape index (κ2) is 18.7. The molecule has 11 nitrogen and oxygen atoms in total. The van der Waals surface area contributed by atoms with Crippen molar-refractivity contribution in [2.24, 2.45) is 0 Å². The Balaban J connectivity index is 1.04. The number of hydrogen-bond donors (Lipinski definition) is 3. The Morgan fingerprint density at radius 1 is 0.828 bits per heavy atom. The molecule has 6 atom stereocenters. The van der Waals surface area contributed by atoms with Crippen LogP contribution < -0.4 is 5.32 Å². The van der Waals surface area contributed by atoms with Crippen LogP contribution in [0.4, 0.5) is 4.79 Å². The van der Waals surface area contributed by atoms with E-state index in [0.29, 0.717) is 13.0 Å². The first-order chi connectivity index (χ1) is 28.1. The van der Waals surface area contributed by atoms with Crippen molar-refractivity contribution in [1.82, 2.24) is 15.1 Å². The summed E-state index contributed by atoms with van der Waals surface area (Å²) in [5.74, 6) is -0.854. The monoisotopic (exact) mass is 783 g/mol. The van der Waals surface area contributed by atoms with E-state index in [0.717, 1.165) is 44.5 Å². The number of carbonyl (C=O) groups excluding carboxylic acids is 3. The molecule has 0 aromatic heterocycles. The maximum absolute atomic E-state index is 13.3. The van der Waals surface area contributed by atoms with Crippen LogP contribution >= 0.6 is 0 Å². The largest absolute Gasteiger partial charge is 0.445 e. The average molecular weight is 784 g/mol. The first-order valence-electron chi connectivity index (χ1n) is 19.6. The minimum atomic E-state index is -0.997. The van der Waals surface area contributed by atoms with Crippen LogP contribution in [-0.2, 0) is 43.6 Å². The van der Waals surface area contributed by atoms with Crippen LogP contribution in [0.3, 0.4) is 0 Å². The minimum absolute atomic E-state index is 0.0467. The second-order valence-corrected chi connectivity index (χ2v) is 15.0. The smallest absolute Gasteiger partial charge is 0.408 e. The van der Waals surface area contributed by atoms with Crippen molar-refractivity contribution in [3.8, 4) is 11.1 Å². The van der Waals surface area contributed by atoms with Gasteiger partial charge in [0.05, 0.1) is 37.9 Å². The fraction of sp³-hybridized carbons (Fsp3) is 0.298. The lowest BCUT2D eigenvalue weighted by molar-refractivity contribution is -0.253. The highest BCUT2D eigenvalue weighted by atomic mass is 16.7. The van der Waals surface area contributed by atoms with Crippen molar-refractivity contribution < 1.29 is 38.8 Å². The molecule has 7 rings (SSSR count). The van der Waals surface area contributed by atoms with Gasteiger partial charge in [0.2, 0.25) is 5.91 Å². The zero-order valence-electron chi connectivity index (χ0n) is 32.6. The van der Waals surface area contributed by atoms with Gasteiger partial charge >= 0.3 is 6.09 Å². The molecule has 0 saturated carbocycles. The zero-order valence-corrected chi connectivity index (χ0v) is 32.6. The molecule has 2 aliphatic rings. The predicted octanol–water partition coefficient (Wildman–Crippen LogP) is 7.00. The summed E-state index contributed by atoms with van der Waals surface area (Å²) in [5, 5.41) is 23.4. The molecular weight excluding hydrogens is 735 g/mol. The summed E-state index contributed by atoms with van der Waals surface area (Å²) in [5.41, 5.74) is 6.81. The molecule has 2 aliphatic heterocycles. The molecule has 3 N–H and O–H groups in total. The number of aliphatic hydroxyl groups is 2. The summed E-state index contributed by atoms with van der Waals surface area (Å²) in [6.45, 7) is 2.62. The number of nitrogens with one attached hydrogen (secondary N) is 1. The fourth-order valence-corrected chi connectivity index (χ4v) is 7.46. The van der Waals surface area contributed by atoms with Gasteiger partial charge in [-0.15, -0.1) is 0 Å². The number of aliphatic hydroxyl groups excluding tert-OH is 2. The summed E-state index contributed by atoms with van der Waals surface area (Å²) < 4.78 is 18.6. The summed E-state index contributed by atoms with van der Waals surface area (Å²) in [7, 11) is 1.99. The van der Waals surface area contributed by atoms with Crippen LogP contribution in [0.1, 0.15) is 71.6 Å². The number of nitrogens with zero attached hydrogens (tertiary/aromatic N) is 2. The van der Waals surface area contributed by atoms with E-state index in [2.05, 4.69) is 10.2 Å². The summed E-state index contributed by atoms with van der Waals surface area (Å²) in [6.07, 6.45) is -2.20. The Hall–Kier alpha value is -5.69. The molecule has 2 heterocycles. The van der Waals surface area contributed by atoms with Crippen LogP contribution in [0.15, 0.2) is 133 Å². The lowest BCUT2D eigenvalue weighted by Crippen LogP contribution is -2.43. The molecule has 1 unspecified atom stereocenters. The highest BCUT2D eigenvalue weighted by Crippen LogP contribution is 2.39. The van der Waals surface area contributed by atoms with Gasteiger partial charge in [-0.25, -0.2) is 4.79 Å². The molecule has 0 radical (unpaired) electrons. The molecule has 58 heavy (non-hydrogen) atoms. The summed E-state index contributed by atoms with van der Waals surface area (Å²) in [4.78, 5) is 42.0. The van der Waals surface area contributed by atoms with E-state index in [9.17, 15) is 24.6 Å². The Labute approximate surface area is 338 Å². The predicted molar refractivity (Wildman–Crippen MR) is 218 cm³/mol. The van der Waals surface area contributed by atoms with Gasteiger partial charge in [-0.2, -0.15) is 0 Å². The van der Waals surface area contributed by atoms with Crippen LogP contribution in [0.2, 0.25) is 0 Å². The van der Waals surface area contributed by atoms with E-state index in [1.807, 2.05) is 147 Å². The molecule has 2 saturated heterocycles. The molecule has 300 valence electrons. The standard InChI is InChI=1S/C47H49N3O8/c1-31(44(53)36-14-7-4-8-15-36)49(2)28-40-25-42(35-21-19-32(29-51)20-22-35)58-46(57-40)39-18-10-17-38(24-39)37-16-9-13-34(23-37)27-50-43(52)26-41(45(50)54)48-47(55)56-30-33-11-5-3-6-12-33/h3-24,31,40-42,44,46,51,53H,25-30H2,1-2H3,(H,48,55)/t31-,40-,41?,42+,44-,46+/m1/s1. The van der Waals surface area contributed by atoms with Crippen molar-refractivity contribution in [3.05, 3.63) is 167 Å². The van der Waals surface area contributed by atoms with E-state index >= 15 is 0 Å². The molecule has 0 bridgehead atoms. The van der Waals surface area contributed by atoms with Gasteiger partial charge in [-0.1, -0.05) is 121 Å². The number of likely N-dealkylation sites (N-methyl/N-ethyl adjacent to an activating group) is 1. The molecule has 0 aliphatic carbocycles. The SMILES string of the molecule is C[C@H]([C@@H](O)c1ccccc1)N(C)C[C@H]1C[C@@H](c2ccc(CO)cc2)O[C@@H](c2cccc(-c3cccc(CN4C(=O)CC(NC(=O)OCc5ccccc5)C4=O)c3)c2)O1. The number of carbonyl (C=O) groups is 3. The van der Waals surface area contributed by atoms with Crippen molar-refractivity contribution >= 4 is 17.9 Å². The normalized spacial score (nSPS) is 20.5. The number of likely N-dealkylation sites (tertiary alicyclic amines) is 1. The number of imide groups is 1. The van der Waals surface area contributed by atoms with Gasteiger partial charge in [-0.05, 0) is 65.0 Å². The van der Waals surface area contributed by atoms with Gasteiger partial charge in [0.15, 0.2) is 6.29 Å². The number of ether oxygens (including phenoxy) is 3. The summed E-state index contributed by atoms with van der Waals surface area (Å²) in [6, 6.07) is 41.0. The van der Waals surface area contributed by atoms with E-state index in [1.54, 1.807) is 0 Å². The summed E-state index contributed by atoms with van der Waals surface area (Å²) >= 11 is 0. The van der Waals surface area contributed by atoms with Gasteiger partial charge < -0.3 is 29.7 Å². The third kappa shape index (κ3) is 9.87. The van der Waals surface area contributed by atoms with Crippen LogP contribution in [-0.4, -0.2) is 69.7 Å². The molecule has 0 spiro atoms. The Morgan fingerprint density at radius 3 is 2.22 bits per heavy atom. The number of benzene rings is 5. The molecule has 3 amide bonds. The number of alkyl carbamates (subject to hydrolysis) is 1. The molecule has 5 aromatic rings. The second-order valence-electron chi connectivity index (χ2n) is 15.0. The van der Waals surface area contributed by atoms with E-state index in [4.69, 9.17) is 14.2 Å². The third-order valence-electron chi connectivity index (χ3n) is 10.9. The van der Waals surface area contributed by atoms with Gasteiger partial charge in [0.1, 0.15) is 12.6 Å². The lowest BCUT2D eigenvalue weighted by atomic mass is 9.97. The van der Waals surface area contributed by atoms with Gasteiger partial charge in [-0.3, -0.25) is 19.4 Å². The fourth-order valence-electron chi connectivity index (χ4n) is 7.46. The molecule has 11 heteroatoms. The average Bonchev–Trinajstić information content (AvgIpc) is 3.52. The van der Waals surface area contributed by atoms with Gasteiger partial charge in [0, 0.05) is 24.6 Å².